The predicted octanol–water partition coefficient (Wildman–Crippen LogP) is 3.29. The molecule has 1 N–H and O–H groups in total. The lowest BCUT2D eigenvalue weighted by Crippen LogP contribution is -2.16. The molecule has 0 radical (unpaired) electrons. The average molecular weight is 217 g/mol. The number of rotatable bonds is 2. The summed E-state index contributed by atoms with van der Waals surface area (Å²) in [7, 11) is 0. The van der Waals surface area contributed by atoms with Gasteiger partial charge in [0.1, 0.15) is 0 Å². The molecule has 0 aliphatic heterocycles. The highest BCUT2D eigenvalue weighted by Gasteiger charge is 2.50. The quantitative estimate of drug-likeness (QED) is 0.809. The van der Waals surface area contributed by atoms with Gasteiger partial charge in [-0.25, -0.2) is 0 Å². The minimum Gasteiger partial charge on any atom is -0.326 e. The maximum Gasteiger partial charge on any atom is 0.228 e. The summed E-state index contributed by atoms with van der Waals surface area (Å²) in [6.45, 7) is 8.41. The topological polar surface area (TPSA) is 29.1 Å². The van der Waals surface area contributed by atoms with Crippen LogP contribution in [0.15, 0.2) is 18.2 Å². The number of hydrogen-bond donors (Lipinski definition) is 1. The van der Waals surface area contributed by atoms with Crippen molar-refractivity contribution in [2.75, 3.05) is 5.32 Å². The zero-order chi connectivity index (χ0) is 11.9. The van der Waals surface area contributed by atoms with Crippen molar-refractivity contribution in [2.24, 2.45) is 11.3 Å². The van der Waals surface area contributed by atoms with Gasteiger partial charge in [-0.15, -0.1) is 0 Å². The van der Waals surface area contributed by atoms with Crippen molar-refractivity contribution in [2.45, 2.75) is 34.1 Å². The lowest BCUT2D eigenvalue weighted by Gasteiger charge is -2.08. The Morgan fingerprint density at radius 2 is 1.94 bits per heavy atom. The monoisotopic (exact) mass is 217 g/mol. The van der Waals surface area contributed by atoms with Gasteiger partial charge >= 0.3 is 0 Å². The molecule has 1 saturated carbocycles. The normalized spacial score (nSPS) is 21.6. The molecule has 0 spiro atoms. The third-order valence-electron chi connectivity index (χ3n) is 3.60. The standard InChI is InChI=1S/C14H19NO/c1-9-5-6-11(7-10(9)2)15-13(16)12-8-14(12,3)4/h5-7,12H,8H2,1-4H3,(H,15,16). The molecule has 2 rings (SSSR count). The molecule has 1 atom stereocenters. The van der Waals surface area contributed by atoms with E-state index in [1.807, 2.05) is 18.2 Å². The summed E-state index contributed by atoms with van der Waals surface area (Å²) < 4.78 is 0. The summed E-state index contributed by atoms with van der Waals surface area (Å²) in [6, 6.07) is 6.04. The Kier molecular flexibility index (Phi) is 2.53. The van der Waals surface area contributed by atoms with Crippen LogP contribution in [0.1, 0.15) is 31.4 Å². The highest BCUT2D eigenvalue weighted by molar-refractivity contribution is 5.95. The first-order valence-corrected chi connectivity index (χ1v) is 5.78. The minimum absolute atomic E-state index is 0.160. The van der Waals surface area contributed by atoms with Gasteiger partial charge in [0, 0.05) is 11.6 Å². The van der Waals surface area contributed by atoms with Gasteiger partial charge in [-0.1, -0.05) is 19.9 Å². The van der Waals surface area contributed by atoms with Gasteiger partial charge in [-0.3, -0.25) is 4.79 Å². The maximum absolute atomic E-state index is 11.9. The van der Waals surface area contributed by atoms with Crippen molar-refractivity contribution in [3.05, 3.63) is 29.3 Å². The largest absolute Gasteiger partial charge is 0.326 e. The average Bonchev–Trinajstić information content (AvgIpc) is 2.82. The van der Waals surface area contributed by atoms with Crippen molar-refractivity contribution >= 4 is 11.6 Å². The molecule has 1 aromatic rings. The highest BCUT2D eigenvalue weighted by atomic mass is 16.2. The molecule has 86 valence electrons. The molecule has 2 nitrogen and oxygen atoms in total. The summed E-state index contributed by atoms with van der Waals surface area (Å²) in [5.41, 5.74) is 3.58. The van der Waals surface area contributed by atoms with E-state index in [4.69, 9.17) is 0 Å². The second kappa shape index (κ2) is 3.62. The number of benzene rings is 1. The first-order valence-electron chi connectivity index (χ1n) is 5.78. The minimum atomic E-state index is 0.160. The molecule has 0 heterocycles. The van der Waals surface area contributed by atoms with E-state index in [9.17, 15) is 4.79 Å². The molecule has 2 heteroatoms. The van der Waals surface area contributed by atoms with E-state index < -0.39 is 0 Å². The smallest absolute Gasteiger partial charge is 0.228 e. The van der Waals surface area contributed by atoms with Crippen molar-refractivity contribution in [3.63, 3.8) is 0 Å². The van der Waals surface area contributed by atoms with Crippen LogP contribution in [0.5, 0.6) is 0 Å². The number of aryl methyl sites for hydroxylation is 2. The molecule has 0 bridgehead atoms. The Balaban J connectivity index is 2.05. The number of carbonyl (C=O) groups is 1. The number of nitrogens with one attached hydrogen (secondary N) is 1. The molecule has 16 heavy (non-hydrogen) atoms. The van der Waals surface area contributed by atoms with Gasteiger partial charge in [-0.05, 0) is 48.9 Å². The predicted molar refractivity (Wildman–Crippen MR) is 66.4 cm³/mol. The molecule has 1 aromatic carbocycles. The first-order chi connectivity index (χ1) is 7.40. The third-order valence-corrected chi connectivity index (χ3v) is 3.60. The lowest BCUT2D eigenvalue weighted by molar-refractivity contribution is -0.117. The van der Waals surface area contributed by atoms with Crippen molar-refractivity contribution in [1.29, 1.82) is 0 Å². The Morgan fingerprint density at radius 1 is 1.31 bits per heavy atom. The van der Waals surface area contributed by atoms with Crippen LogP contribution in [0.3, 0.4) is 0 Å². The van der Waals surface area contributed by atoms with Crippen molar-refractivity contribution in [1.82, 2.24) is 0 Å². The van der Waals surface area contributed by atoms with Crippen LogP contribution in [0.4, 0.5) is 5.69 Å². The Bertz CT molecular complexity index is 434. The van der Waals surface area contributed by atoms with Gasteiger partial charge in [0.05, 0.1) is 0 Å². The van der Waals surface area contributed by atoms with Gasteiger partial charge in [0.15, 0.2) is 0 Å². The van der Waals surface area contributed by atoms with Crippen molar-refractivity contribution in [3.8, 4) is 0 Å². The summed E-state index contributed by atoms with van der Waals surface area (Å²) in [5, 5.41) is 2.99. The number of anilines is 1. The van der Waals surface area contributed by atoms with Crippen LogP contribution in [0.2, 0.25) is 0 Å². The van der Waals surface area contributed by atoms with Gasteiger partial charge < -0.3 is 5.32 Å². The van der Waals surface area contributed by atoms with E-state index in [1.165, 1.54) is 11.1 Å². The second-order valence-electron chi connectivity index (χ2n) is 5.53. The molecule has 1 unspecified atom stereocenters. The number of hydrogen-bond acceptors (Lipinski definition) is 1. The van der Waals surface area contributed by atoms with Crippen LogP contribution in [-0.2, 0) is 4.79 Å². The Hall–Kier alpha value is -1.31. The van der Waals surface area contributed by atoms with Crippen LogP contribution < -0.4 is 5.32 Å². The fourth-order valence-corrected chi connectivity index (χ4v) is 1.96. The molecule has 1 aliphatic carbocycles. The van der Waals surface area contributed by atoms with Gasteiger partial charge in [0.25, 0.3) is 0 Å². The van der Waals surface area contributed by atoms with Crippen LogP contribution >= 0.6 is 0 Å². The molecular weight excluding hydrogens is 198 g/mol. The van der Waals surface area contributed by atoms with E-state index in [-0.39, 0.29) is 17.2 Å². The fourth-order valence-electron chi connectivity index (χ4n) is 1.96. The van der Waals surface area contributed by atoms with E-state index in [1.54, 1.807) is 0 Å². The zero-order valence-electron chi connectivity index (χ0n) is 10.4. The molecular formula is C14H19NO. The highest BCUT2D eigenvalue weighted by Crippen LogP contribution is 2.51. The van der Waals surface area contributed by atoms with Crippen molar-refractivity contribution < 1.29 is 4.79 Å². The fraction of sp³-hybridized carbons (Fsp3) is 0.500. The maximum atomic E-state index is 11.9. The third kappa shape index (κ3) is 2.11. The Labute approximate surface area is 97.1 Å². The zero-order valence-corrected chi connectivity index (χ0v) is 10.4. The van der Waals surface area contributed by atoms with Crippen LogP contribution in [0, 0.1) is 25.2 Å². The van der Waals surface area contributed by atoms with E-state index >= 15 is 0 Å². The Morgan fingerprint density at radius 3 is 2.44 bits per heavy atom. The van der Waals surface area contributed by atoms with E-state index in [0.717, 1.165) is 12.1 Å². The second-order valence-corrected chi connectivity index (χ2v) is 5.53. The summed E-state index contributed by atoms with van der Waals surface area (Å²) in [5.74, 6) is 0.349. The molecule has 1 aliphatic rings. The summed E-state index contributed by atoms with van der Waals surface area (Å²) in [6.07, 6.45) is 1.00. The molecule has 0 saturated heterocycles. The van der Waals surface area contributed by atoms with Gasteiger partial charge in [-0.2, -0.15) is 0 Å². The molecule has 1 amide bonds. The first kappa shape index (κ1) is 11.2. The summed E-state index contributed by atoms with van der Waals surface area (Å²) >= 11 is 0. The lowest BCUT2D eigenvalue weighted by atomic mass is 10.1. The van der Waals surface area contributed by atoms with E-state index in [2.05, 4.69) is 33.0 Å². The van der Waals surface area contributed by atoms with Crippen LogP contribution in [0.25, 0.3) is 0 Å². The van der Waals surface area contributed by atoms with E-state index in [0.29, 0.717) is 0 Å². The van der Waals surface area contributed by atoms with Gasteiger partial charge in [0.2, 0.25) is 5.91 Å². The number of amides is 1. The molecule has 1 fully saturated rings. The SMILES string of the molecule is Cc1ccc(NC(=O)C2CC2(C)C)cc1C. The van der Waals surface area contributed by atoms with Crippen LogP contribution in [-0.4, -0.2) is 5.91 Å². The molecule has 0 aromatic heterocycles. The number of carbonyl (C=O) groups excluding carboxylic acids is 1. The summed E-state index contributed by atoms with van der Waals surface area (Å²) in [4.78, 5) is 11.9.